The van der Waals surface area contributed by atoms with Gasteiger partial charge in [0, 0.05) is 10.7 Å². The fourth-order valence-corrected chi connectivity index (χ4v) is 2.45. The predicted molar refractivity (Wildman–Crippen MR) is 73.6 cm³/mol. The van der Waals surface area contributed by atoms with Gasteiger partial charge in [0.15, 0.2) is 0 Å². The van der Waals surface area contributed by atoms with Crippen molar-refractivity contribution in [3.8, 4) is 0 Å². The molecule has 4 nitrogen and oxygen atoms in total. The third-order valence-corrected chi connectivity index (χ3v) is 4.05. The van der Waals surface area contributed by atoms with Gasteiger partial charge in [-0.05, 0) is 44.9 Å². The van der Waals surface area contributed by atoms with Crippen molar-refractivity contribution in [3.63, 3.8) is 0 Å². The highest BCUT2D eigenvalue weighted by molar-refractivity contribution is 8.13. The molecule has 1 rings (SSSR count). The third-order valence-electron chi connectivity index (χ3n) is 2.68. The summed E-state index contributed by atoms with van der Waals surface area (Å²) in [6.45, 7) is 5.67. The number of hydrogen-bond acceptors (Lipinski definition) is 4. The maximum atomic E-state index is 11.8. The first-order valence-electron chi connectivity index (χ1n) is 5.87. The Morgan fingerprint density at radius 1 is 1.26 bits per heavy atom. The molecule has 0 amide bonds. The Bertz CT molecular complexity index is 547. The second kappa shape index (κ2) is 5.92. The summed E-state index contributed by atoms with van der Waals surface area (Å²) >= 11 is 0. The fraction of sp³-hybridized carbons (Fsp3) is 0.462. The Balaban J connectivity index is 2.86. The van der Waals surface area contributed by atoms with Crippen molar-refractivity contribution in [2.75, 3.05) is 6.61 Å². The Labute approximate surface area is 118 Å². The van der Waals surface area contributed by atoms with Crippen LogP contribution in [-0.2, 0) is 25.0 Å². The summed E-state index contributed by atoms with van der Waals surface area (Å²) in [6.07, 6.45) is 0.467. The van der Waals surface area contributed by atoms with Crippen LogP contribution in [0.1, 0.15) is 26.3 Å². The van der Waals surface area contributed by atoms with Gasteiger partial charge in [-0.25, -0.2) is 8.42 Å². The molecule has 0 saturated carbocycles. The van der Waals surface area contributed by atoms with Crippen LogP contribution in [0.3, 0.4) is 0 Å². The van der Waals surface area contributed by atoms with Crippen LogP contribution in [0.2, 0.25) is 0 Å². The van der Waals surface area contributed by atoms with Crippen molar-refractivity contribution in [2.24, 2.45) is 5.41 Å². The van der Waals surface area contributed by atoms with E-state index < -0.39 is 14.5 Å². The molecule has 0 atom stereocenters. The lowest BCUT2D eigenvalue weighted by Crippen LogP contribution is -2.28. The van der Waals surface area contributed by atoms with Crippen molar-refractivity contribution in [1.29, 1.82) is 0 Å². The van der Waals surface area contributed by atoms with E-state index in [0.717, 1.165) is 5.56 Å². The van der Waals surface area contributed by atoms with Crippen molar-refractivity contribution in [2.45, 2.75) is 32.1 Å². The summed E-state index contributed by atoms with van der Waals surface area (Å²) in [7, 11) is 1.53. The number of rotatable bonds is 5. The molecule has 0 aliphatic rings. The monoisotopic (exact) mass is 304 g/mol. The average Bonchev–Trinajstić information content (AvgIpc) is 2.28. The molecule has 0 unspecified atom stereocenters. The molecule has 0 saturated heterocycles. The van der Waals surface area contributed by atoms with E-state index >= 15 is 0 Å². The minimum absolute atomic E-state index is 0.0480. The summed E-state index contributed by atoms with van der Waals surface area (Å²) in [5, 5.41) is 0. The van der Waals surface area contributed by atoms with Crippen molar-refractivity contribution in [1.82, 2.24) is 0 Å². The Hall–Kier alpha value is -1.07. The van der Waals surface area contributed by atoms with E-state index in [1.165, 1.54) is 12.1 Å². The largest absolute Gasteiger partial charge is 0.466 e. The van der Waals surface area contributed by atoms with Crippen LogP contribution in [0.5, 0.6) is 0 Å². The number of hydrogen-bond donors (Lipinski definition) is 0. The molecule has 0 N–H and O–H groups in total. The topological polar surface area (TPSA) is 60.4 Å². The standard InChI is InChI=1S/C13H17ClO4S/c1-4-18-12(15)13(2,3)9-10-5-7-11(8-6-10)19(14,16)17/h5-8H,4,9H2,1-3H3. The molecular weight excluding hydrogens is 288 g/mol. The summed E-state index contributed by atoms with van der Waals surface area (Å²) in [5.74, 6) is -0.274. The van der Waals surface area contributed by atoms with Gasteiger partial charge in [0.05, 0.1) is 16.9 Å². The number of halogens is 1. The Kier molecular flexibility index (Phi) is 4.98. The molecule has 0 fully saturated rings. The molecule has 0 aliphatic carbocycles. The van der Waals surface area contributed by atoms with E-state index in [9.17, 15) is 13.2 Å². The average molecular weight is 305 g/mol. The maximum absolute atomic E-state index is 11.8. The molecule has 0 heterocycles. The van der Waals surface area contributed by atoms with E-state index in [1.54, 1.807) is 32.9 Å². The summed E-state index contributed by atoms with van der Waals surface area (Å²) < 4.78 is 27.2. The first kappa shape index (κ1) is 16.0. The Morgan fingerprint density at radius 3 is 2.21 bits per heavy atom. The van der Waals surface area contributed by atoms with E-state index in [0.29, 0.717) is 13.0 Å². The molecule has 1 aromatic rings. The lowest BCUT2D eigenvalue weighted by atomic mass is 9.86. The molecule has 0 bridgehead atoms. The minimum atomic E-state index is -3.71. The minimum Gasteiger partial charge on any atom is -0.466 e. The van der Waals surface area contributed by atoms with Crippen molar-refractivity contribution >= 4 is 25.7 Å². The zero-order valence-corrected chi connectivity index (χ0v) is 12.7. The predicted octanol–water partition coefficient (Wildman–Crippen LogP) is 2.75. The molecule has 0 aliphatic heterocycles. The molecule has 0 spiro atoms. The van der Waals surface area contributed by atoms with Gasteiger partial charge < -0.3 is 4.74 Å². The van der Waals surface area contributed by atoms with Gasteiger partial charge in [0.1, 0.15) is 0 Å². The van der Waals surface area contributed by atoms with Crippen LogP contribution < -0.4 is 0 Å². The third kappa shape index (κ3) is 4.51. The van der Waals surface area contributed by atoms with E-state index in [4.69, 9.17) is 15.4 Å². The number of esters is 1. The highest BCUT2D eigenvalue weighted by Gasteiger charge is 2.29. The quantitative estimate of drug-likeness (QED) is 0.620. The Morgan fingerprint density at radius 2 is 1.79 bits per heavy atom. The first-order chi connectivity index (χ1) is 8.66. The van der Waals surface area contributed by atoms with Gasteiger partial charge in [0.2, 0.25) is 0 Å². The molecular formula is C13H17ClO4S. The lowest BCUT2D eigenvalue weighted by molar-refractivity contribution is -0.153. The first-order valence-corrected chi connectivity index (χ1v) is 8.18. The summed E-state index contributed by atoms with van der Waals surface area (Å²) in [6, 6.07) is 6.16. The van der Waals surface area contributed by atoms with E-state index in [2.05, 4.69) is 0 Å². The van der Waals surface area contributed by atoms with Gasteiger partial charge in [0.25, 0.3) is 9.05 Å². The normalized spacial score (nSPS) is 12.2. The second-order valence-electron chi connectivity index (χ2n) is 4.86. The molecule has 19 heavy (non-hydrogen) atoms. The van der Waals surface area contributed by atoms with Crippen molar-refractivity contribution < 1.29 is 17.9 Å². The number of carbonyl (C=O) groups excluding carboxylic acids is 1. The number of ether oxygens (including phenoxy) is 1. The van der Waals surface area contributed by atoms with Gasteiger partial charge in [-0.3, -0.25) is 4.79 Å². The smallest absolute Gasteiger partial charge is 0.311 e. The number of benzene rings is 1. The summed E-state index contributed by atoms with van der Waals surface area (Å²) in [4.78, 5) is 11.8. The zero-order chi connectivity index (χ0) is 14.7. The molecule has 1 aromatic carbocycles. The highest BCUT2D eigenvalue weighted by atomic mass is 35.7. The van der Waals surface area contributed by atoms with Gasteiger partial charge in [-0.2, -0.15) is 0 Å². The van der Waals surface area contributed by atoms with Gasteiger partial charge in [-0.15, -0.1) is 0 Å². The van der Waals surface area contributed by atoms with Crippen LogP contribution in [-0.4, -0.2) is 21.0 Å². The van der Waals surface area contributed by atoms with E-state index in [1.807, 2.05) is 0 Å². The fourth-order valence-electron chi connectivity index (χ4n) is 1.68. The van der Waals surface area contributed by atoms with Crippen LogP contribution in [0, 0.1) is 5.41 Å². The van der Waals surface area contributed by atoms with Gasteiger partial charge >= 0.3 is 5.97 Å². The van der Waals surface area contributed by atoms with Crippen molar-refractivity contribution in [3.05, 3.63) is 29.8 Å². The van der Waals surface area contributed by atoms with Crippen LogP contribution >= 0.6 is 10.7 Å². The van der Waals surface area contributed by atoms with Crippen LogP contribution in [0.25, 0.3) is 0 Å². The molecule has 6 heteroatoms. The highest BCUT2D eigenvalue weighted by Crippen LogP contribution is 2.25. The van der Waals surface area contributed by atoms with Gasteiger partial charge in [-0.1, -0.05) is 12.1 Å². The van der Waals surface area contributed by atoms with E-state index in [-0.39, 0.29) is 10.9 Å². The number of carbonyl (C=O) groups is 1. The molecule has 106 valence electrons. The molecule has 0 radical (unpaired) electrons. The second-order valence-corrected chi connectivity index (χ2v) is 7.43. The maximum Gasteiger partial charge on any atom is 0.311 e. The summed E-state index contributed by atoms with van der Waals surface area (Å²) in [5.41, 5.74) is 0.194. The SMILES string of the molecule is CCOC(=O)C(C)(C)Cc1ccc(S(=O)(=O)Cl)cc1. The zero-order valence-electron chi connectivity index (χ0n) is 11.1. The van der Waals surface area contributed by atoms with Crippen LogP contribution in [0.15, 0.2) is 29.2 Å². The van der Waals surface area contributed by atoms with Crippen LogP contribution in [0.4, 0.5) is 0 Å². The lowest BCUT2D eigenvalue weighted by Gasteiger charge is -2.22. The molecule has 0 aromatic heterocycles.